The average molecular weight is 391 g/mol. The summed E-state index contributed by atoms with van der Waals surface area (Å²) >= 11 is 0. The van der Waals surface area contributed by atoms with Crippen molar-refractivity contribution in [3.05, 3.63) is 42.1 Å². The van der Waals surface area contributed by atoms with Crippen molar-refractivity contribution in [2.45, 2.75) is 25.4 Å². The zero-order valence-electron chi connectivity index (χ0n) is 15.2. The number of hydrogen-bond donors (Lipinski definition) is 1. The second-order valence-electron chi connectivity index (χ2n) is 6.66. The minimum absolute atomic E-state index is 0.121. The topological polar surface area (TPSA) is 62.3 Å². The van der Waals surface area contributed by atoms with Crippen molar-refractivity contribution in [1.29, 1.82) is 0 Å². The van der Waals surface area contributed by atoms with Crippen LogP contribution in [0.3, 0.4) is 0 Å². The number of nitrogens with one attached hydrogen (secondary N) is 1. The molecular formula is C19H20F2N3O2P. The SMILES string of the molecule is CC1CC(NC=O)C(=O)N1c1ccc(-c2cccnc2P(C)C)c(F)c1F. The van der Waals surface area contributed by atoms with E-state index >= 15 is 0 Å². The molecule has 0 radical (unpaired) electrons. The number of benzene rings is 1. The second kappa shape index (κ2) is 7.69. The largest absolute Gasteiger partial charge is 0.347 e. The lowest BCUT2D eigenvalue weighted by Crippen LogP contribution is -2.39. The maximum absolute atomic E-state index is 14.9. The van der Waals surface area contributed by atoms with Gasteiger partial charge in [0.1, 0.15) is 6.04 Å². The Balaban J connectivity index is 2.05. The normalized spacial score (nSPS) is 19.6. The highest BCUT2D eigenvalue weighted by Crippen LogP contribution is 2.36. The summed E-state index contributed by atoms with van der Waals surface area (Å²) in [6.07, 6.45) is 2.41. The molecule has 8 heteroatoms. The van der Waals surface area contributed by atoms with Gasteiger partial charge in [-0.25, -0.2) is 8.78 Å². The Bertz CT molecular complexity index is 891. The third kappa shape index (κ3) is 3.44. The Hall–Kier alpha value is -2.40. The number of amides is 2. The zero-order valence-corrected chi connectivity index (χ0v) is 16.1. The lowest BCUT2D eigenvalue weighted by Gasteiger charge is -2.23. The highest BCUT2D eigenvalue weighted by Gasteiger charge is 2.39. The van der Waals surface area contributed by atoms with Gasteiger partial charge in [0.15, 0.2) is 11.6 Å². The molecule has 5 nitrogen and oxygen atoms in total. The first kappa shape index (κ1) is 19.4. The number of carbonyl (C=O) groups excluding carboxylic acids is 2. The summed E-state index contributed by atoms with van der Waals surface area (Å²) in [5.41, 5.74) is 1.29. The van der Waals surface area contributed by atoms with Crippen LogP contribution in [0, 0.1) is 11.6 Å². The smallest absolute Gasteiger partial charge is 0.249 e. The predicted molar refractivity (Wildman–Crippen MR) is 103 cm³/mol. The maximum atomic E-state index is 14.9. The Morgan fingerprint density at radius 2 is 1.96 bits per heavy atom. The Kier molecular flexibility index (Phi) is 5.51. The van der Waals surface area contributed by atoms with Crippen LogP contribution in [0.15, 0.2) is 30.5 Å². The summed E-state index contributed by atoms with van der Waals surface area (Å²) in [5, 5.41) is 2.42. The van der Waals surface area contributed by atoms with Gasteiger partial charge in [0.25, 0.3) is 0 Å². The molecule has 1 aliphatic heterocycles. The molecular weight excluding hydrogens is 371 g/mol. The third-order valence-electron chi connectivity index (χ3n) is 4.64. The van der Waals surface area contributed by atoms with Gasteiger partial charge in [0.2, 0.25) is 12.3 Å². The van der Waals surface area contributed by atoms with Crippen LogP contribution in [-0.2, 0) is 9.59 Å². The first-order valence-corrected chi connectivity index (χ1v) is 10.7. The molecule has 2 unspecified atom stereocenters. The van der Waals surface area contributed by atoms with Crippen molar-refractivity contribution in [3.63, 3.8) is 0 Å². The monoisotopic (exact) mass is 391 g/mol. The van der Waals surface area contributed by atoms with E-state index in [1.807, 2.05) is 13.3 Å². The number of hydrogen-bond acceptors (Lipinski definition) is 3. The molecule has 1 N–H and O–H groups in total. The average Bonchev–Trinajstić information content (AvgIpc) is 2.91. The Labute approximate surface area is 157 Å². The molecule has 1 aliphatic rings. The van der Waals surface area contributed by atoms with E-state index in [1.165, 1.54) is 17.0 Å². The summed E-state index contributed by atoms with van der Waals surface area (Å²) in [6, 6.07) is 5.21. The molecule has 2 aromatic rings. The van der Waals surface area contributed by atoms with Crippen LogP contribution in [0.5, 0.6) is 0 Å². The molecule has 0 bridgehead atoms. The highest BCUT2D eigenvalue weighted by molar-refractivity contribution is 7.64. The zero-order chi connectivity index (χ0) is 19.7. The number of anilines is 1. The summed E-state index contributed by atoms with van der Waals surface area (Å²) < 4.78 is 29.9. The maximum Gasteiger partial charge on any atom is 0.249 e. The molecule has 0 aliphatic carbocycles. The Morgan fingerprint density at radius 3 is 2.63 bits per heavy atom. The van der Waals surface area contributed by atoms with Gasteiger partial charge >= 0.3 is 0 Å². The van der Waals surface area contributed by atoms with Crippen molar-refractivity contribution < 1.29 is 18.4 Å². The van der Waals surface area contributed by atoms with Gasteiger partial charge in [0.05, 0.1) is 11.1 Å². The van der Waals surface area contributed by atoms with Gasteiger partial charge in [-0.1, -0.05) is 14.0 Å². The van der Waals surface area contributed by atoms with Gasteiger partial charge < -0.3 is 10.2 Å². The molecule has 2 amide bonds. The van der Waals surface area contributed by atoms with Crippen molar-refractivity contribution in [2.24, 2.45) is 0 Å². The quantitative estimate of drug-likeness (QED) is 0.630. The van der Waals surface area contributed by atoms with E-state index in [1.54, 1.807) is 25.3 Å². The number of aromatic nitrogens is 1. The van der Waals surface area contributed by atoms with Gasteiger partial charge in [-0.15, -0.1) is 0 Å². The van der Waals surface area contributed by atoms with Gasteiger partial charge in [-0.2, -0.15) is 0 Å². The first-order chi connectivity index (χ1) is 12.9. The van der Waals surface area contributed by atoms with Gasteiger partial charge in [-0.05, 0) is 44.9 Å². The van der Waals surface area contributed by atoms with Crippen molar-refractivity contribution in [1.82, 2.24) is 10.3 Å². The van der Waals surface area contributed by atoms with Crippen molar-refractivity contribution >= 4 is 31.4 Å². The minimum atomic E-state index is -1.08. The van der Waals surface area contributed by atoms with E-state index in [9.17, 15) is 18.4 Å². The second-order valence-corrected chi connectivity index (χ2v) is 8.87. The molecule has 1 aromatic heterocycles. The summed E-state index contributed by atoms with van der Waals surface area (Å²) in [7, 11) is -0.609. The fourth-order valence-corrected chi connectivity index (χ4v) is 4.38. The van der Waals surface area contributed by atoms with E-state index < -0.39 is 31.5 Å². The number of nitrogens with zero attached hydrogens (tertiary/aromatic N) is 2. The molecule has 0 spiro atoms. The van der Waals surface area contributed by atoms with Crippen LogP contribution >= 0.6 is 7.92 Å². The molecule has 1 aromatic carbocycles. The first-order valence-electron chi connectivity index (χ1n) is 8.50. The van der Waals surface area contributed by atoms with E-state index in [0.717, 1.165) is 5.44 Å². The lowest BCUT2D eigenvalue weighted by atomic mass is 10.1. The van der Waals surface area contributed by atoms with Crippen LogP contribution in [0.2, 0.25) is 0 Å². The summed E-state index contributed by atoms with van der Waals surface area (Å²) in [5.74, 6) is -2.54. The third-order valence-corrected chi connectivity index (χ3v) is 5.85. The predicted octanol–water partition coefficient (Wildman–Crippen LogP) is 2.63. The molecule has 2 atom stereocenters. The van der Waals surface area contributed by atoms with Gasteiger partial charge in [-0.3, -0.25) is 14.6 Å². The van der Waals surface area contributed by atoms with E-state index in [2.05, 4.69) is 10.3 Å². The molecule has 142 valence electrons. The summed E-state index contributed by atoms with van der Waals surface area (Å²) in [6.45, 7) is 5.72. The van der Waals surface area contributed by atoms with Crippen LogP contribution in [0.1, 0.15) is 13.3 Å². The lowest BCUT2D eigenvalue weighted by molar-refractivity contribution is -0.121. The van der Waals surface area contributed by atoms with E-state index in [0.29, 0.717) is 18.4 Å². The standard InChI is InChI=1S/C19H20F2N3O2P/c1-11-9-14(23-10-25)19(26)24(11)15-7-6-12(16(20)17(15)21)13-5-4-8-22-18(13)27(2)3/h4-8,10-11,14H,9H2,1-3H3,(H,23,25). The molecule has 0 saturated carbocycles. The molecule has 2 heterocycles. The molecule has 3 rings (SSSR count). The van der Waals surface area contributed by atoms with E-state index in [4.69, 9.17) is 0 Å². The number of halogens is 2. The van der Waals surface area contributed by atoms with Crippen LogP contribution in [0.25, 0.3) is 11.1 Å². The van der Waals surface area contributed by atoms with Crippen LogP contribution in [0.4, 0.5) is 14.5 Å². The summed E-state index contributed by atoms with van der Waals surface area (Å²) in [4.78, 5) is 28.6. The fraction of sp³-hybridized carbons (Fsp3) is 0.316. The number of rotatable bonds is 5. The number of carbonyl (C=O) groups is 2. The van der Waals surface area contributed by atoms with Crippen LogP contribution in [-0.4, -0.2) is 42.7 Å². The minimum Gasteiger partial charge on any atom is -0.347 e. The van der Waals surface area contributed by atoms with Crippen molar-refractivity contribution in [2.75, 3.05) is 18.2 Å². The molecule has 1 saturated heterocycles. The Morgan fingerprint density at radius 1 is 1.22 bits per heavy atom. The molecule has 1 fully saturated rings. The number of pyridine rings is 1. The highest BCUT2D eigenvalue weighted by atomic mass is 31.1. The van der Waals surface area contributed by atoms with Gasteiger partial charge in [0, 0.05) is 23.4 Å². The molecule has 27 heavy (non-hydrogen) atoms. The van der Waals surface area contributed by atoms with E-state index in [-0.39, 0.29) is 17.3 Å². The van der Waals surface area contributed by atoms with Crippen LogP contribution < -0.4 is 15.7 Å². The van der Waals surface area contributed by atoms with Crippen molar-refractivity contribution in [3.8, 4) is 11.1 Å². The fourth-order valence-electron chi connectivity index (χ4n) is 3.41.